The Morgan fingerprint density at radius 1 is 1.15 bits per heavy atom. The second-order valence-electron chi connectivity index (χ2n) is 9.80. The van der Waals surface area contributed by atoms with Crippen LogP contribution in [0.2, 0.25) is 0 Å². The molecule has 40 heavy (non-hydrogen) atoms. The fourth-order valence-corrected chi connectivity index (χ4v) is 6.11. The Hall–Kier alpha value is -3.84. The van der Waals surface area contributed by atoms with Gasteiger partial charge in [0, 0.05) is 65.4 Å². The Balaban J connectivity index is 1.59. The molecule has 0 bridgehead atoms. The number of hydrogen-bond acceptors (Lipinski definition) is 6. The third kappa shape index (κ3) is 5.06. The van der Waals surface area contributed by atoms with E-state index in [0.717, 1.165) is 64.2 Å². The molecule has 3 aromatic heterocycles. The van der Waals surface area contributed by atoms with Gasteiger partial charge in [0.1, 0.15) is 29.7 Å². The van der Waals surface area contributed by atoms with E-state index in [1.165, 1.54) is 17.4 Å². The summed E-state index contributed by atoms with van der Waals surface area (Å²) in [4.78, 5) is 5.06. The van der Waals surface area contributed by atoms with Gasteiger partial charge < -0.3 is 14.8 Å². The minimum absolute atomic E-state index is 0.0953. The zero-order chi connectivity index (χ0) is 27.6. The SMILES string of the molecule is COCCOc1cc(F)cc(F)c1-c1c(C#C[C@@H]2CCCNC2)nc(-c2ccc3c(cnn3C)c2)c2ccsc12. The number of thiophene rings is 1. The van der Waals surface area contributed by atoms with Crippen molar-refractivity contribution >= 4 is 32.3 Å². The maximum Gasteiger partial charge on any atom is 0.137 e. The van der Waals surface area contributed by atoms with Crippen molar-refractivity contribution in [3.8, 4) is 40.0 Å². The topological polar surface area (TPSA) is 61.2 Å². The van der Waals surface area contributed by atoms with Gasteiger partial charge in [-0.1, -0.05) is 12.0 Å². The van der Waals surface area contributed by atoms with Crippen molar-refractivity contribution in [1.82, 2.24) is 20.1 Å². The molecule has 1 fully saturated rings. The van der Waals surface area contributed by atoms with Crippen molar-refractivity contribution in [3.63, 3.8) is 0 Å². The summed E-state index contributed by atoms with van der Waals surface area (Å²) in [5.41, 5.74) is 3.77. The van der Waals surface area contributed by atoms with Gasteiger partial charge in [-0.2, -0.15) is 5.10 Å². The standard InChI is InChI=1S/C31H28F2N4O2S/c1-37-26-8-6-20(14-21(26)18-35-37)30-23-9-13-40-31(23)29(25(36-30)7-5-19-4-3-10-34-17-19)28-24(33)15-22(32)16-27(28)39-12-11-38-2/h6,8-9,13-16,18-19,34H,3-4,10-12,17H2,1-2H3/t19-/m0/s1. The Labute approximate surface area is 234 Å². The van der Waals surface area contributed by atoms with Crippen molar-refractivity contribution in [2.45, 2.75) is 12.8 Å². The van der Waals surface area contributed by atoms with Crippen LogP contribution >= 0.6 is 11.3 Å². The normalized spacial score (nSPS) is 15.3. The van der Waals surface area contributed by atoms with Crippen LogP contribution in [0.25, 0.3) is 43.4 Å². The number of rotatable bonds is 6. The number of ether oxygens (including phenoxy) is 2. The minimum atomic E-state index is -0.726. The van der Waals surface area contributed by atoms with Crippen LogP contribution in [0.4, 0.5) is 8.78 Å². The van der Waals surface area contributed by atoms with E-state index in [4.69, 9.17) is 14.5 Å². The van der Waals surface area contributed by atoms with Gasteiger partial charge in [0.15, 0.2) is 0 Å². The first-order chi connectivity index (χ1) is 19.5. The number of nitrogens with one attached hydrogen (secondary N) is 1. The molecule has 4 heterocycles. The van der Waals surface area contributed by atoms with Crippen molar-refractivity contribution in [3.05, 3.63) is 65.3 Å². The molecule has 1 N–H and O–H groups in total. The number of fused-ring (bicyclic) bond motifs is 2. The zero-order valence-corrected chi connectivity index (χ0v) is 23.1. The lowest BCUT2D eigenvalue weighted by atomic mass is 9.96. The van der Waals surface area contributed by atoms with E-state index in [1.807, 2.05) is 41.5 Å². The third-order valence-corrected chi connectivity index (χ3v) is 8.06. The molecule has 204 valence electrons. The molecule has 9 heteroatoms. The first kappa shape index (κ1) is 26.4. The number of piperidine rings is 1. The van der Waals surface area contributed by atoms with Crippen LogP contribution < -0.4 is 10.1 Å². The van der Waals surface area contributed by atoms with Gasteiger partial charge in [0.05, 0.1) is 29.6 Å². The Morgan fingerprint density at radius 2 is 2.05 bits per heavy atom. The molecule has 6 rings (SSSR count). The van der Waals surface area contributed by atoms with Crippen molar-refractivity contribution in [1.29, 1.82) is 0 Å². The molecule has 6 nitrogen and oxygen atoms in total. The van der Waals surface area contributed by atoms with Crippen LogP contribution in [0.3, 0.4) is 0 Å². The van der Waals surface area contributed by atoms with Crippen molar-refractivity contribution < 1.29 is 18.3 Å². The van der Waals surface area contributed by atoms with Crippen LogP contribution in [0.15, 0.2) is 48.0 Å². The highest BCUT2D eigenvalue weighted by molar-refractivity contribution is 7.17. The summed E-state index contributed by atoms with van der Waals surface area (Å²) in [5.74, 6) is 5.49. The summed E-state index contributed by atoms with van der Waals surface area (Å²) >= 11 is 1.47. The van der Waals surface area contributed by atoms with Gasteiger partial charge in [-0.25, -0.2) is 13.8 Å². The van der Waals surface area contributed by atoms with Gasteiger partial charge in [-0.05, 0) is 48.9 Å². The van der Waals surface area contributed by atoms with E-state index in [0.29, 0.717) is 11.3 Å². The maximum atomic E-state index is 15.7. The lowest BCUT2D eigenvalue weighted by molar-refractivity contribution is 0.146. The fraction of sp³-hybridized carbons (Fsp3) is 0.290. The summed E-state index contributed by atoms with van der Waals surface area (Å²) in [6.07, 6.45) is 3.85. The molecule has 1 aliphatic heterocycles. The molecule has 0 unspecified atom stereocenters. The molecular weight excluding hydrogens is 530 g/mol. The number of nitrogens with zero attached hydrogens (tertiary/aromatic N) is 3. The predicted octanol–water partition coefficient (Wildman–Crippen LogP) is 6.17. The van der Waals surface area contributed by atoms with E-state index in [9.17, 15) is 4.39 Å². The highest BCUT2D eigenvalue weighted by Gasteiger charge is 2.24. The summed E-state index contributed by atoms with van der Waals surface area (Å²) < 4.78 is 43.6. The average molecular weight is 559 g/mol. The van der Waals surface area contributed by atoms with Crippen LogP contribution in [0, 0.1) is 29.4 Å². The summed E-state index contributed by atoms with van der Waals surface area (Å²) in [6, 6.07) is 10.2. The number of aromatic nitrogens is 3. The summed E-state index contributed by atoms with van der Waals surface area (Å²) in [6.45, 7) is 2.20. The molecule has 2 aromatic carbocycles. The summed E-state index contributed by atoms with van der Waals surface area (Å²) in [5, 5.41) is 11.6. The van der Waals surface area contributed by atoms with E-state index in [-0.39, 0.29) is 30.4 Å². The zero-order valence-electron chi connectivity index (χ0n) is 22.3. The van der Waals surface area contributed by atoms with Crippen LogP contribution in [0.5, 0.6) is 5.75 Å². The van der Waals surface area contributed by atoms with Gasteiger partial charge in [0.25, 0.3) is 0 Å². The largest absolute Gasteiger partial charge is 0.490 e. The predicted molar refractivity (Wildman–Crippen MR) is 155 cm³/mol. The smallest absolute Gasteiger partial charge is 0.137 e. The fourth-order valence-electron chi connectivity index (χ4n) is 5.17. The third-order valence-electron chi connectivity index (χ3n) is 7.13. The lowest BCUT2D eigenvalue weighted by Gasteiger charge is -2.18. The van der Waals surface area contributed by atoms with Crippen LogP contribution in [-0.2, 0) is 11.8 Å². The molecule has 0 radical (unpaired) electrons. The molecule has 1 atom stereocenters. The number of benzene rings is 2. The average Bonchev–Trinajstić information content (AvgIpc) is 3.59. The number of hydrogen-bond donors (Lipinski definition) is 1. The second-order valence-corrected chi connectivity index (χ2v) is 10.7. The quantitative estimate of drug-likeness (QED) is 0.200. The van der Waals surface area contributed by atoms with E-state index in [1.54, 1.807) is 7.11 Å². The highest BCUT2D eigenvalue weighted by Crippen LogP contribution is 2.44. The van der Waals surface area contributed by atoms with E-state index >= 15 is 4.39 Å². The number of methoxy groups -OCH3 is 1. The van der Waals surface area contributed by atoms with Gasteiger partial charge in [-0.3, -0.25) is 4.68 Å². The monoisotopic (exact) mass is 558 g/mol. The molecule has 0 saturated carbocycles. The van der Waals surface area contributed by atoms with Crippen molar-refractivity contribution in [2.75, 3.05) is 33.4 Å². The maximum absolute atomic E-state index is 15.7. The molecule has 1 saturated heterocycles. The van der Waals surface area contributed by atoms with Crippen molar-refractivity contribution in [2.24, 2.45) is 13.0 Å². The number of aryl methyl sites for hydroxylation is 1. The van der Waals surface area contributed by atoms with Crippen LogP contribution in [0.1, 0.15) is 18.5 Å². The molecular formula is C31H28F2N4O2S. The van der Waals surface area contributed by atoms with Gasteiger partial charge >= 0.3 is 0 Å². The molecule has 1 aliphatic rings. The second kappa shape index (κ2) is 11.3. The molecule has 0 aliphatic carbocycles. The van der Waals surface area contributed by atoms with E-state index in [2.05, 4.69) is 28.3 Å². The van der Waals surface area contributed by atoms with Crippen LogP contribution in [-0.4, -0.2) is 48.2 Å². The molecule has 5 aromatic rings. The highest BCUT2D eigenvalue weighted by atomic mass is 32.1. The first-order valence-electron chi connectivity index (χ1n) is 13.2. The lowest BCUT2D eigenvalue weighted by Crippen LogP contribution is -2.28. The Morgan fingerprint density at radius 3 is 2.88 bits per heavy atom. The molecule has 0 amide bonds. The van der Waals surface area contributed by atoms with Gasteiger partial charge in [-0.15, -0.1) is 11.3 Å². The summed E-state index contributed by atoms with van der Waals surface area (Å²) in [7, 11) is 3.45. The Kier molecular flexibility index (Phi) is 7.48. The van der Waals surface area contributed by atoms with Gasteiger partial charge in [0.2, 0.25) is 0 Å². The number of halogens is 2. The Bertz CT molecular complexity index is 1760. The number of pyridine rings is 1. The minimum Gasteiger partial charge on any atom is -0.490 e. The van der Waals surface area contributed by atoms with E-state index < -0.39 is 11.6 Å². The first-order valence-corrected chi connectivity index (χ1v) is 14.1. The molecule has 0 spiro atoms.